The summed E-state index contributed by atoms with van der Waals surface area (Å²) in [6, 6.07) is 6.99. The smallest absolute Gasteiger partial charge is 0.151 e. The molecular weight excluding hydrogens is 360 g/mol. The van der Waals surface area contributed by atoms with Crippen molar-refractivity contribution in [3.05, 3.63) is 59.0 Å². The van der Waals surface area contributed by atoms with E-state index in [4.69, 9.17) is 17.3 Å². The maximum atomic E-state index is 14.6. The van der Waals surface area contributed by atoms with Gasteiger partial charge in [0.25, 0.3) is 0 Å². The predicted molar refractivity (Wildman–Crippen MR) is 97.3 cm³/mol. The van der Waals surface area contributed by atoms with E-state index in [1.807, 2.05) is 6.92 Å². The second kappa shape index (κ2) is 5.81. The number of aromatic nitrogens is 4. The zero-order valence-corrected chi connectivity index (χ0v) is 14.7. The third-order valence-electron chi connectivity index (χ3n) is 4.24. The minimum atomic E-state index is -0.493. The number of hydrogen-bond donors (Lipinski definition) is 1. The molecule has 0 bridgehead atoms. The molecule has 8 heteroatoms. The van der Waals surface area contributed by atoms with Gasteiger partial charge in [-0.15, -0.1) is 0 Å². The number of imidazole rings is 1. The van der Waals surface area contributed by atoms with Crippen molar-refractivity contribution in [3.63, 3.8) is 0 Å². The lowest BCUT2D eigenvalue weighted by Crippen LogP contribution is -2.04. The highest BCUT2D eigenvalue weighted by atomic mass is 35.5. The summed E-state index contributed by atoms with van der Waals surface area (Å²) in [6.07, 6.45) is 1.50. The van der Waals surface area contributed by atoms with Gasteiger partial charge in [0.05, 0.1) is 16.2 Å². The van der Waals surface area contributed by atoms with E-state index in [1.165, 1.54) is 24.5 Å². The van der Waals surface area contributed by atoms with E-state index < -0.39 is 11.6 Å². The van der Waals surface area contributed by atoms with Gasteiger partial charge in [-0.3, -0.25) is 9.25 Å². The molecule has 4 rings (SSSR count). The van der Waals surface area contributed by atoms with Crippen LogP contribution in [0.4, 0.5) is 14.5 Å². The maximum Gasteiger partial charge on any atom is 0.151 e. The van der Waals surface area contributed by atoms with Crippen LogP contribution in [0.2, 0.25) is 5.02 Å². The Bertz CT molecular complexity index is 1160. The zero-order chi connectivity index (χ0) is 18.6. The Labute approximate surface area is 152 Å². The molecule has 0 saturated heterocycles. The molecule has 2 aromatic carbocycles. The Balaban J connectivity index is 2.05. The first-order chi connectivity index (χ1) is 12.4. The summed E-state index contributed by atoms with van der Waals surface area (Å²) < 4.78 is 31.3. The molecular formula is C18H14ClF2N5. The molecule has 2 heterocycles. The van der Waals surface area contributed by atoms with Gasteiger partial charge in [-0.25, -0.2) is 13.8 Å². The van der Waals surface area contributed by atoms with E-state index in [1.54, 1.807) is 28.4 Å². The van der Waals surface area contributed by atoms with Crippen molar-refractivity contribution in [3.8, 4) is 16.9 Å². The lowest BCUT2D eigenvalue weighted by Gasteiger charge is -2.11. The number of hydrogen-bond acceptors (Lipinski definition) is 3. The van der Waals surface area contributed by atoms with Gasteiger partial charge in [0, 0.05) is 23.9 Å². The molecule has 0 unspecified atom stereocenters. The van der Waals surface area contributed by atoms with Gasteiger partial charge >= 0.3 is 0 Å². The van der Waals surface area contributed by atoms with Gasteiger partial charge in [0.1, 0.15) is 23.5 Å². The minimum absolute atomic E-state index is 0.247. The predicted octanol–water partition coefficient (Wildman–Crippen LogP) is 4.25. The van der Waals surface area contributed by atoms with Crippen molar-refractivity contribution in [1.29, 1.82) is 0 Å². The van der Waals surface area contributed by atoms with E-state index in [2.05, 4.69) is 10.1 Å². The number of nitrogens with two attached hydrogens (primary N) is 1. The lowest BCUT2D eigenvalue weighted by molar-refractivity contribution is 0.628. The molecule has 0 aliphatic heterocycles. The molecule has 26 heavy (non-hydrogen) atoms. The van der Waals surface area contributed by atoms with Gasteiger partial charge < -0.3 is 5.73 Å². The van der Waals surface area contributed by atoms with Crippen LogP contribution in [0, 0.1) is 18.6 Å². The van der Waals surface area contributed by atoms with Crippen LogP contribution in [0.25, 0.3) is 28.0 Å². The third-order valence-corrected chi connectivity index (χ3v) is 4.55. The number of halogens is 3. The third kappa shape index (κ3) is 2.43. The average Bonchev–Trinajstić information content (AvgIpc) is 3.08. The normalized spacial score (nSPS) is 11.4. The standard InChI is InChI=1S/C18H14ClF2N5/c1-9-16(12-4-3-10(20)5-13(12)19)18(25(2)24-9)26-8-23-15-7-11(22)6-14(21)17(15)26/h3-8H,22H2,1-2H3. The Morgan fingerprint density at radius 3 is 2.65 bits per heavy atom. The summed E-state index contributed by atoms with van der Waals surface area (Å²) in [4.78, 5) is 4.25. The molecule has 4 aromatic rings. The average molecular weight is 374 g/mol. The molecule has 2 N–H and O–H groups in total. The summed E-state index contributed by atoms with van der Waals surface area (Å²) in [7, 11) is 1.74. The molecule has 0 atom stereocenters. The van der Waals surface area contributed by atoms with Gasteiger partial charge in [-0.05, 0) is 37.3 Å². The van der Waals surface area contributed by atoms with Gasteiger partial charge in [-0.2, -0.15) is 5.10 Å². The van der Waals surface area contributed by atoms with Gasteiger partial charge in [0.2, 0.25) is 0 Å². The minimum Gasteiger partial charge on any atom is -0.399 e. The molecule has 0 radical (unpaired) electrons. The molecule has 132 valence electrons. The number of nitrogen functional groups attached to an aromatic ring is 1. The van der Waals surface area contributed by atoms with Crippen LogP contribution in [0.3, 0.4) is 0 Å². The Hall–Kier alpha value is -2.93. The summed E-state index contributed by atoms with van der Waals surface area (Å²) in [5, 5.41) is 4.68. The highest BCUT2D eigenvalue weighted by Gasteiger charge is 2.22. The van der Waals surface area contributed by atoms with Gasteiger partial charge in [-0.1, -0.05) is 11.6 Å². The highest BCUT2D eigenvalue weighted by Crippen LogP contribution is 2.36. The Morgan fingerprint density at radius 2 is 1.92 bits per heavy atom. The van der Waals surface area contributed by atoms with Crippen LogP contribution in [0.5, 0.6) is 0 Å². The fraction of sp³-hybridized carbons (Fsp3) is 0.111. The number of aryl methyl sites for hydroxylation is 2. The number of anilines is 1. The molecule has 0 saturated carbocycles. The molecule has 5 nitrogen and oxygen atoms in total. The summed E-state index contributed by atoms with van der Waals surface area (Å²) in [6.45, 7) is 1.81. The van der Waals surface area contributed by atoms with Crippen molar-refractivity contribution in [2.24, 2.45) is 7.05 Å². The maximum absolute atomic E-state index is 14.6. The largest absolute Gasteiger partial charge is 0.399 e. The van der Waals surface area contributed by atoms with Crippen LogP contribution in [0.1, 0.15) is 5.69 Å². The first kappa shape index (κ1) is 16.5. The number of rotatable bonds is 2. The van der Waals surface area contributed by atoms with Crippen LogP contribution in [-0.2, 0) is 7.05 Å². The van der Waals surface area contributed by atoms with Crippen molar-refractivity contribution >= 4 is 28.3 Å². The lowest BCUT2D eigenvalue weighted by atomic mass is 10.1. The number of benzene rings is 2. The highest BCUT2D eigenvalue weighted by molar-refractivity contribution is 6.33. The topological polar surface area (TPSA) is 61.7 Å². The van der Waals surface area contributed by atoms with Crippen molar-refractivity contribution in [2.45, 2.75) is 6.92 Å². The first-order valence-corrected chi connectivity index (χ1v) is 8.16. The van der Waals surface area contributed by atoms with E-state index in [0.717, 1.165) is 0 Å². The van der Waals surface area contributed by atoms with E-state index in [9.17, 15) is 8.78 Å². The fourth-order valence-corrected chi connectivity index (χ4v) is 3.47. The van der Waals surface area contributed by atoms with Crippen LogP contribution >= 0.6 is 11.6 Å². The van der Waals surface area contributed by atoms with Gasteiger partial charge in [0.15, 0.2) is 5.82 Å². The molecule has 0 fully saturated rings. The van der Waals surface area contributed by atoms with E-state index >= 15 is 0 Å². The SMILES string of the molecule is Cc1nn(C)c(-n2cnc3cc(N)cc(F)c32)c1-c1ccc(F)cc1Cl. The summed E-state index contributed by atoms with van der Waals surface area (Å²) >= 11 is 6.26. The zero-order valence-electron chi connectivity index (χ0n) is 14.0. The molecule has 2 aromatic heterocycles. The van der Waals surface area contributed by atoms with Crippen molar-refractivity contribution in [1.82, 2.24) is 19.3 Å². The number of nitrogens with zero attached hydrogens (tertiary/aromatic N) is 4. The van der Waals surface area contributed by atoms with E-state index in [-0.39, 0.29) is 10.5 Å². The molecule has 0 amide bonds. The second-order valence-electron chi connectivity index (χ2n) is 6.02. The van der Waals surface area contributed by atoms with Crippen LogP contribution < -0.4 is 5.73 Å². The molecule has 0 aliphatic rings. The van der Waals surface area contributed by atoms with Crippen molar-refractivity contribution < 1.29 is 8.78 Å². The fourth-order valence-electron chi connectivity index (χ4n) is 3.21. The summed E-state index contributed by atoms with van der Waals surface area (Å²) in [5.41, 5.74) is 8.66. The summed E-state index contributed by atoms with van der Waals surface area (Å²) in [5.74, 6) is -0.355. The monoisotopic (exact) mass is 373 g/mol. The van der Waals surface area contributed by atoms with Crippen LogP contribution in [-0.4, -0.2) is 19.3 Å². The number of fused-ring (bicyclic) bond motifs is 1. The second-order valence-corrected chi connectivity index (χ2v) is 6.42. The van der Waals surface area contributed by atoms with E-state index in [0.29, 0.717) is 33.8 Å². The van der Waals surface area contributed by atoms with Crippen molar-refractivity contribution in [2.75, 3.05) is 5.73 Å². The molecule has 0 spiro atoms. The quantitative estimate of drug-likeness (QED) is 0.534. The first-order valence-electron chi connectivity index (χ1n) is 7.78. The molecule has 0 aliphatic carbocycles. The Morgan fingerprint density at radius 1 is 1.15 bits per heavy atom. The Kier molecular flexibility index (Phi) is 3.69. The van der Waals surface area contributed by atoms with Crippen LogP contribution in [0.15, 0.2) is 36.7 Å².